The average Bonchev–Trinajstić information content (AvgIpc) is 2.86. The van der Waals surface area contributed by atoms with E-state index in [0.717, 1.165) is 25.9 Å². The third-order valence-electron chi connectivity index (χ3n) is 5.30. The third-order valence-corrected chi connectivity index (χ3v) is 6.55. The summed E-state index contributed by atoms with van der Waals surface area (Å²) in [6.45, 7) is 8.93. The van der Waals surface area contributed by atoms with Crippen molar-refractivity contribution in [2.24, 2.45) is 11.3 Å². The van der Waals surface area contributed by atoms with Crippen LogP contribution in [-0.4, -0.2) is 54.0 Å². The maximum Gasteiger partial charge on any atom is 0.233 e. The van der Waals surface area contributed by atoms with E-state index in [4.69, 9.17) is 0 Å². The van der Waals surface area contributed by atoms with Crippen molar-refractivity contribution in [3.63, 3.8) is 0 Å². The van der Waals surface area contributed by atoms with Gasteiger partial charge in [-0.3, -0.25) is 4.79 Å². The van der Waals surface area contributed by atoms with Gasteiger partial charge in [-0.25, -0.2) is 0 Å². The van der Waals surface area contributed by atoms with E-state index in [1.54, 1.807) is 0 Å². The van der Waals surface area contributed by atoms with Crippen LogP contribution in [0.5, 0.6) is 0 Å². The summed E-state index contributed by atoms with van der Waals surface area (Å²) >= 11 is 1.85. The molecule has 0 aromatic rings. The Morgan fingerprint density at radius 2 is 2.14 bits per heavy atom. The molecule has 0 spiro atoms. The maximum atomic E-state index is 12.1. The van der Waals surface area contributed by atoms with Crippen LogP contribution in [0.3, 0.4) is 0 Å². The Labute approximate surface area is 134 Å². The molecule has 1 aliphatic heterocycles. The van der Waals surface area contributed by atoms with Crippen LogP contribution < -0.4 is 0 Å². The van der Waals surface area contributed by atoms with E-state index < -0.39 is 0 Å². The van der Waals surface area contributed by atoms with Gasteiger partial charge < -0.3 is 9.80 Å². The van der Waals surface area contributed by atoms with Crippen LogP contribution in [0.15, 0.2) is 11.6 Å². The molecule has 0 aromatic heterocycles. The molecule has 2 atom stereocenters. The molecule has 0 aromatic carbocycles. The third kappa shape index (κ3) is 3.84. The van der Waals surface area contributed by atoms with Crippen molar-refractivity contribution >= 4 is 17.7 Å². The van der Waals surface area contributed by atoms with E-state index >= 15 is 0 Å². The lowest BCUT2D eigenvalue weighted by molar-refractivity contribution is -0.128. The number of carbonyl (C=O) groups is 1. The van der Waals surface area contributed by atoms with E-state index in [9.17, 15) is 4.79 Å². The number of nitrogens with zero attached hydrogens (tertiary/aromatic N) is 2. The summed E-state index contributed by atoms with van der Waals surface area (Å²) in [4.78, 5) is 16.5. The SMILES string of the molecule is CC1=CC[C@@H](CC2SCC(=O)N2CCCN(C)C)C1(C)C. The Morgan fingerprint density at radius 1 is 1.43 bits per heavy atom. The minimum atomic E-state index is 0.293. The summed E-state index contributed by atoms with van der Waals surface area (Å²) in [6, 6.07) is 0. The Hall–Kier alpha value is -0.480. The van der Waals surface area contributed by atoms with Gasteiger partial charge >= 0.3 is 0 Å². The molecule has 1 amide bonds. The Morgan fingerprint density at radius 3 is 2.71 bits per heavy atom. The van der Waals surface area contributed by atoms with Crippen LogP contribution in [0, 0.1) is 11.3 Å². The number of hydrogen-bond donors (Lipinski definition) is 0. The summed E-state index contributed by atoms with van der Waals surface area (Å²) < 4.78 is 0. The molecule has 3 nitrogen and oxygen atoms in total. The molecule has 120 valence electrons. The van der Waals surface area contributed by atoms with Crippen molar-refractivity contribution in [3.8, 4) is 0 Å². The predicted molar refractivity (Wildman–Crippen MR) is 91.4 cm³/mol. The van der Waals surface area contributed by atoms with Gasteiger partial charge in [-0.05, 0) is 58.2 Å². The highest BCUT2D eigenvalue weighted by Gasteiger charge is 2.40. The van der Waals surface area contributed by atoms with Gasteiger partial charge in [0.1, 0.15) is 0 Å². The van der Waals surface area contributed by atoms with E-state index in [0.29, 0.717) is 28.4 Å². The smallest absolute Gasteiger partial charge is 0.233 e. The first-order valence-electron chi connectivity index (χ1n) is 8.05. The largest absolute Gasteiger partial charge is 0.330 e. The standard InChI is InChI=1S/C17H30N2OS/c1-13-7-8-14(17(13,2)3)11-16-19(15(20)12-21-16)10-6-9-18(4)5/h7,14,16H,6,8-12H2,1-5H3/t14-,16?/m0/s1. The van der Waals surface area contributed by atoms with E-state index in [2.05, 4.69) is 50.7 Å². The van der Waals surface area contributed by atoms with Gasteiger partial charge in [-0.15, -0.1) is 11.8 Å². The molecule has 0 radical (unpaired) electrons. The van der Waals surface area contributed by atoms with Crippen LogP contribution in [0.1, 0.15) is 40.0 Å². The van der Waals surface area contributed by atoms with Gasteiger partial charge in [0.25, 0.3) is 0 Å². The second kappa shape index (κ2) is 6.74. The molecular formula is C17H30N2OS. The molecule has 0 saturated carbocycles. The molecule has 2 rings (SSSR count). The highest BCUT2D eigenvalue weighted by atomic mass is 32.2. The zero-order valence-corrected chi connectivity index (χ0v) is 15.0. The fraction of sp³-hybridized carbons (Fsp3) is 0.824. The molecule has 1 aliphatic carbocycles. The van der Waals surface area contributed by atoms with Crippen molar-refractivity contribution in [3.05, 3.63) is 11.6 Å². The Kier molecular flexibility index (Phi) is 5.42. The fourth-order valence-electron chi connectivity index (χ4n) is 3.36. The molecule has 2 aliphatic rings. The van der Waals surface area contributed by atoms with Crippen molar-refractivity contribution in [2.45, 2.75) is 45.4 Å². The summed E-state index contributed by atoms with van der Waals surface area (Å²) in [7, 11) is 4.18. The summed E-state index contributed by atoms with van der Waals surface area (Å²) in [6.07, 6.45) is 5.78. The van der Waals surface area contributed by atoms with E-state index in [1.807, 2.05) is 11.8 Å². The van der Waals surface area contributed by atoms with Gasteiger partial charge in [-0.1, -0.05) is 25.5 Å². The Balaban J connectivity index is 1.91. The molecule has 0 bridgehead atoms. The van der Waals surface area contributed by atoms with Crippen molar-refractivity contribution < 1.29 is 4.79 Å². The highest BCUT2D eigenvalue weighted by Crippen LogP contribution is 2.47. The minimum Gasteiger partial charge on any atom is -0.330 e. The number of hydrogen-bond acceptors (Lipinski definition) is 3. The quantitative estimate of drug-likeness (QED) is 0.704. The van der Waals surface area contributed by atoms with Crippen molar-refractivity contribution in [2.75, 3.05) is 32.9 Å². The first kappa shape index (κ1) is 16.9. The normalized spacial score (nSPS) is 28.6. The summed E-state index contributed by atoms with van der Waals surface area (Å²) in [5, 5.41) is 0.392. The van der Waals surface area contributed by atoms with Gasteiger partial charge in [0.15, 0.2) is 0 Å². The number of thioether (sulfide) groups is 1. The number of rotatable bonds is 6. The van der Waals surface area contributed by atoms with Crippen LogP contribution >= 0.6 is 11.8 Å². The monoisotopic (exact) mass is 310 g/mol. The molecule has 4 heteroatoms. The molecule has 1 unspecified atom stereocenters. The van der Waals surface area contributed by atoms with Crippen molar-refractivity contribution in [1.82, 2.24) is 9.80 Å². The molecule has 1 heterocycles. The van der Waals surface area contributed by atoms with Crippen LogP contribution in [-0.2, 0) is 4.79 Å². The Bertz CT molecular complexity index is 417. The van der Waals surface area contributed by atoms with Crippen LogP contribution in [0.2, 0.25) is 0 Å². The molecule has 1 fully saturated rings. The molecule has 21 heavy (non-hydrogen) atoms. The second-order valence-electron chi connectivity index (χ2n) is 7.29. The fourth-order valence-corrected chi connectivity index (χ4v) is 4.63. The zero-order chi connectivity index (χ0) is 15.6. The molecular weight excluding hydrogens is 280 g/mol. The lowest BCUT2D eigenvalue weighted by Gasteiger charge is -2.34. The van der Waals surface area contributed by atoms with Crippen LogP contribution in [0.4, 0.5) is 0 Å². The summed E-state index contributed by atoms with van der Waals surface area (Å²) in [5.41, 5.74) is 1.81. The molecule has 1 saturated heterocycles. The van der Waals surface area contributed by atoms with Gasteiger partial charge in [0.2, 0.25) is 5.91 Å². The van der Waals surface area contributed by atoms with Gasteiger partial charge in [0.05, 0.1) is 11.1 Å². The first-order chi connectivity index (χ1) is 9.82. The van der Waals surface area contributed by atoms with Crippen LogP contribution in [0.25, 0.3) is 0 Å². The van der Waals surface area contributed by atoms with E-state index in [-0.39, 0.29) is 0 Å². The number of amides is 1. The number of carbonyl (C=O) groups excluding carboxylic acids is 1. The minimum absolute atomic E-state index is 0.293. The second-order valence-corrected chi connectivity index (χ2v) is 8.45. The highest BCUT2D eigenvalue weighted by molar-refractivity contribution is 8.00. The van der Waals surface area contributed by atoms with Gasteiger partial charge in [-0.2, -0.15) is 0 Å². The topological polar surface area (TPSA) is 23.6 Å². The predicted octanol–water partition coefficient (Wildman–Crippen LogP) is 3.22. The lowest BCUT2D eigenvalue weighted by Crippen LogP contribution is -2.37. The van der Waals surface area contributed by atoms with E-state index in [1.165, 1.54) is 12.0 Å². The van der Waals surface area contributed by atoms with Crippen molar-refractivity contribution in [1.29, 1.82) is 0 Å². The number of allylic oxidation sites excluding steroid dienone is 2. The lowest BCUT2D eigenvalue weighted by atomic mass is 9.76. The summed E-state index contributed by atoms with van der Waals surface area (Å²) in [5.74, 6) is 1.69. The maximum absolute atomic E-state index is 12.1. The molecule has 0 N–H and O–H groups in total. The average molecular weight is 311 g/mol. The van der Waals surface area contributed by atoms with Gasteiger partial charge in [0, 0.05) is 6.54 Å². The zero-order valence-electron chi connectivity index (χ0n) is 14.2. The first-order valence-corrected chi connectivity index (χ1v) is 9.10.